The monoisotopic (exact) mass is 577 g/mol. The summed E-state index contributed by atoms with van der Waals surface area (Å²) in [5, 5.41) is 7.85. The van der Waals surface area contributed by atoms with Crippen molar-refractivity contribution in [2.24, 2.45) is 11.8 Å². The molecule has 0 spiro atoms. The topological polar surface area (TPSA) is 108 Å². The normalized spacial score (nSPS) is 22.7. The van der Waals surface area contributed by atoms with E-state index >= 15 is 0 Å². The maximum atomic E-state index is 14.4. The number of allylic oxidation sites excluding steroid dienone is 1. The Balaban J connectivity index is 1.25. The third-order valence-corrected chi connectivity index (χ3v) is 8.32. The van der Waals surface area contributed by atoms with Crippen LogP contribution in [0, 0.1) is 11.8 Å². The number of ketones is 2. The fraction of sp³-hybridized carbons (Fsp3) is 0.531. The Labute approximate surface area is 245 Å². The minimum Gasteiger partial charge on any atom is -0.457 e. The first-order valence-electron chi connectivity index (χ1n) is 14.9. The number of anilines is 1. The number of ether oxygens (including phenoxy) is 2. The molecule has 10 heteroatoms. The van der Waals surface area contributed by atoms with Crippen LogP contribution in [0.5, 0.6) is 6.01 Å². The molecule has 9 nitrogen and oxygen atoms in total. The highest BCUT2D eigenvalue weighted by molar-refractivity contribution is 5.89. The quantitative estimate of drug-likeness (QED) is 0.284. The number of aromatic nitrogens is 4. The van der Waals surface area contributed by atoms with Gasteiger partial charge in [0.15, 0.2) is 17.6 Å². The second-order valence-electron chi connectivity index (χ2n) is 11.8. The van der Waals surface area contributed by atoms with Gasteiger partial charge in [0.25, 0.3) is 0 Å². The highest BCUT2D eigenvalue weighted by atomic mass is 19.1. The third-order valence-electron chi connectivity index (χ3n) is 8.32. The molecule has 3 heterocycles. The maximum absolute atomic E-state index is 14.4. The van der Waals surface area contributed by atoms with Crippen LogP contribution in [-0.2, 0) is 27.3 Å². The van der Waals surface area contributed by atoms with Crippen molar-refractivity contribution in [2.75, 3.05) is 18.5 Å². The van der Waals surface area contributed by atoms with Crippen molar-refractivity contribution in [3.05, 3.63) is 59.8 Å². The third kappa shape index (κ3) is 7.21. The van der Waals surface area contributed by atoms with Crippen LogP contribution in [-0.4, -0.2) is 56.6 Å². The van der Waals surface area contributed by atoms with Gasteiger partial charge in [-0.2, -0.15) is 19.6 Å². The fourth-order valence-electron chi connectivity index (χ4n) is 5.83. The first-order valence-corrected chi connectivity index (χ1v) is 14.9. The Morgan fingerprint density at radius 1 is 1.19 bits per heavy atom. The van der Waals surface area contributed by atoms with E-state index in [0.29, 0.717) is 49.9 Å². The van der Waals surface area contributed by atoms with E-state index in [9.17, 15) is 14.0 Å². The highest BCUT2D eigenvalue weighted by Gasteiger charge is 2.29. The number of carbonyl (C=O) groups excluding carboxylic acids is 2. The largest absolute Gasteiger partial charge is 0.457 e. The Morgan fingerprint density at radius 3 is 2.71 bits per heavy atom. The molecule has 1 saturated heterocycles. The van der Waals surface area contributed by atoms with Gasteiger partial charge >= 0.3 is 6.01 Å². The molecule has 3 aromatic rings. The molecule has 1 saturated carbocycles. The molecule has 0 radical (unpaired) electrons. The molecule has 42 heavy (non-hydrogen) atoms. The van der Waals surface area contributed by atoms with E-state index in [1.54, 1.807) is 10.7 Å². The lowest BCUT2D eigenvalue weighted by molar-refractivity contribution is -0.123. The Kier molecular flexibility index (Phi) is 9.62. The highest BCUT2D eigenvalue weighted by Crippen LogP contribution is 2.32. The Bertz CT molecular complexity index is 1420. The van der Waals surface area contributed by atoms with Crippen molar-refractivity contribution in [3.8, 4) is 6.01 Å². The second kappa shape index (κ2) is 13.5. The van der Waals surface area contributed by atoms with E-state index in [1.165, 1.54) is 6.08 Å². The standard InChI is InChI=1S/C32H40FN5O4/c1-4-25(39)15-21-8-10-24(11-9-21)28(40)16-22-6-5-7-23(14-22)17-34-31-37-32(42-29-12-13-41-19-27(29)33)36-30-26(20(2)3)18-35-38(30)31/h4-7,14,18,20-21,24,27,29H,1,8-13,15-17,19H2,2-3H3,(H,34,36,37). The van der Waals surface area contributed by atoms with Crippen molar-refractivity contribution in [3.63, 3.8) is 0 Å². The number of rotatable bonds is 12. The number of alkyl halides is 1. The van der Waals surface area contributed by atoms with Crippen molar-refractivity contribution in [1.82, 2.24) is 19.6 Å². The average Bonchev–Trinajstić information content (AvgIpc) is 3.42. The number of hydrogen-bond acceptors (Lipinski definition) is 8. The zero-order valence-electron chi connectivity index (χ0n) is 24.4. The van der Waals surface area contributed by atoms with Crippen molar-refractivity contribution < 1.29 is 23.5 Å². The lowest BCUT2D eigenvalue weighted by atomic mass is 9.77. The van der Waals surface area contributed by atoms with Gasteiger partial charge in [0.1, 0.15) is 11.9 Å². The molecule has 1 aliphatic carbocycles. The molecular weight excluding hydrogens is 537 g/mol. The lowest BCUT2D eigenvalue weighted by Gasteiger charge is -2.27. The van der Waals surface area contributed by atoms with Gasteiger partial charge in [0.05, 0.1) is 19.4 Å². The molecule has 2 fully saturated rings. The number of nitrogens with zero attached hydrogens (tertiary/aromatic N) is 4. The van der Waals surface area contributed by atoms with Crippen molar-refractivity contribution >= 4 is 23.2 Å². The molecule has 5 rings (SSSR count). The van der Waals surface area contributed by atoms with Crippen LogP contribution in [0.4, 0.5) is 10.3 Å². The summed E-state index contributed by atoms with van der Waals surface area (Å²) >= 11 is 0. The number of halogens is 1. The summed E-state index contributed by atoms with van der Waals surface area (Å²) in [7, 11) is 0. The summed E-state index contributed by atoms with van der Waals surface area (Å²) in [6.07, 6.45) is 6.09. The summed E-state index contributed by atoms with van der Waals surface area (Å²) in [4.78, 5) is 33.9. The van der Waals surface area contributed by atoms with E-state index in [4.69, 9.17) is 9.47 Å². The molecule has 224 valence electrons. The molecule has 2 aromatic heterocycles. The van der Waals surface area contributed by atoms with E-state index in [-0.39, 0.29) is 36.0 Å². The first-order chi connectivity index (χ1) is 20.3. The summed E-state index contributed by atoms with van der Waals surface area (Å²) < 4.78 is 27.2. The van der Waals surface area contributed by atoms with Gasteiger partial charge in [-0.1, -0.05) is 44.7 Å². The molecule has 1 aromatic carbocycles. The molecule has 2 atom stereocenters. The average molecular weight is 578 g/mol. The minimum atomic E-state index is -1.24. The smallest absolute Gasteiger partial charge is 0.322 e. The van der Waals surface area contributed by atoms with Gasteiger partial charge in [-0.15, -0.1) is 0 Å². The van der Waals surface area contributed by atoms with Crippen LogP contribution in [0.15, 0.2) is 43.1 Å². The summed E-state index contributed by atoms with van der Waals surface area (Å²) in [5.41, 5.74) is 3.51. The Hall–Kier alpha value is -3.66. The van der Waals surface area contributed by atoms with Crippen LogP contribution in [0.2, 0.25) is 0 Å². The molecule has 2 unspecified atom stereocenters. The van der Waals surface area contributed by atoms with Gasteiger partial charge in [0.2, 0.25) is 5.95 Å². The van der Waals surface area contributed by atoms with Gasteiger partial charge < -0.3 is 14.8 Å². The second-order valence-corrected chi connectivity index (χ2v) is 11.8. The predicted octanol–water partition coefficient (Wildman–Crippen LogP) is 5.43. The van der Waals surface area contributed by atoms with E-state index in [1.807, 2.05) is 24.3 Å². The van der Waals surface area contributed by atoms with Gasteiger partial charge in [-0.25, -0.2) is 4.39 Å². The lowest BCUT2D eigenvalue weighted by Crippen LogP contribution is -2.38. The molecule has 0 amide bonds. The van der Waals surface area contributed by atoms with Gasteiger partial charge in [0, 0.05) is 37.3 Å². The van der Waals surface area contributed by atoms with Gasteiger partial charge in [-0.05, 0) is 54.7 Å². The van der Waals surface area contributed by atoms with Gasteiger partial charge in [-0.3, -0.25) is 9.59 Å². The van der Waals surface area contributed by atoms with Crippen molar-refractivity contribution in [2.45, 2.75) is 83.5 Å². The zero-order chi connectivity index (χ0) is 29.6. The molecular formula is C32H40FN5O4. The maximum Gasteiger partial charge on any atom is 0.322 e. The summed E-state index contributed by atoms with van der Waals surface area (Å²) in [5.74, 6) is 1.36. The molecule has 1 N–H and O–H groups in total. The number of benzene rings is 1. The summed E-state index contributed by atoms with van der Waals surface area (Å²) in [6, 6.07) is 8.07. The molecule has 2 aliphatic rings. The van der Waals surface area contributed by atoms with Crippen LogP contribution in [0.25, 0.3) is 5.65 Å². The number of hydrogen-bond donors (Lipinski definition) is 1. The van der Waals surface area contributed by atoms with Crippen molar-refractivity contribution in [1.29, 1.82) is 0 Å². The minimum absolute atomic E-state index is 0.00120. The first kappa shape index (κ1) is 29.8. The predicted molar refractivity (Wildman–Crippen MR) is 157 cm³/mol. The fourth-order valence-corrected chi connectivity index (χ4v) is 5.83. The number of Topliss-reactive ketones (excluding diaryl/α,β-unsaturated/α-hetero) is 1. The van der Waals surface area contributed by atoms with E-state index in [0.717, 1.165) is 42.4 Å². The Morgan fingerprint density at radius 2 is 1.98 bits per heavy atom. The molecule has 1 aliphatic heterocycles. The zero-order valence-corrected chi connectivity index (χ0v) is 24.4. The summed E-state index contributed by atoms with van der Waals surface area (Å²) in [6.45, 7) is 8.55. The van der Waals surface area contributed by atoms with Crippen LogP contribution >= 0.6 is 0 Å². The SMILES string of the molecule is C=CC(=O)CC1CCC(C(=O)Cc2cccc(CNc3nc(OC4CCOCC4F)nc4c(C(C)C)cnn34)c2)CC1. The molecule has 0 bridgehead atoms. The van der Waals surface area contributed by atoms with E-state index in [2.05, 4.69) is 40.8 Å². The van der Waals surface area contributed by atoms with Crippen LogP contribution < -0.4 is 10.1 Å². The van der Waals surface area contributed by atoms with Crippen LogP contribution in [0.3, 0.4) is 0 Å². The number of carbonyl (C=O) groups is 2. The van der Waals surface area contributed by atoms with E-state index < -0.39 is 12.3 Å². The van der Waals surface area contributed by atoms with Crippen LogP contribution in [0.1, 0.15) is 75.0 Å². The number of fused-ring (bicyclic) bond motifs is 1. The number of nitrogens with one attached hydrogen (secondary N) is 1.